The number of nitrogens with zero attached hydrogens (tertiary/aromatic N) is 4. The van der Waals surface area contributed by atoms with E-state index < -0.39 is 0 Å². The molecule has 0 saturated heterocycles. The molecule has 4 aromatic rings. The molecule has 32 heavy (non-hydrogen) atoms. The van der Waals surface area contributed by atoms with E-state index in [9.17, 15) is 0 Å². The summed E-state index contributed by atoms with van der Waals surface area (Å²) >= 11 is 0. The van der Waals surface area contributed by atoms with Crippen LogP contribution in [0, 0.1) is 0 Å². The summed E-state index contributed by atoms with van der Waals surface area (Å²) in [6, 6.07) is 21.9. The highest BCUT2D eigenvalue weighted by Gasteiger charge is 2.11. The van der Waals surface area contributed by atoms with Crippen LogP contribution < -0.4 is 9.47 Å². The summed E-state index contributed by atoms with van der Waals surface area (Å²) in [5.74, 6) is 2.37. The van der Waals surface area contributed by atoms with Gasteiger partial charge in [-0.25, -0.2) is 9.97 Å². The van der Waals surface area contributed by atoms with Crippen LogP contribution in [0.2, 0.25) is 0 Å². The van der Waals surface area contributed by atoms with Gasteiger partial charge in [0.25, 0.3) is 0 Å². The van der Waals surface area contributed by atoms with Crippen molar-refractivity contribution in [1.82, 2.24) is 19.9 Å². The molecular formula is C26H26N4O2. The Morgan fingerprint density at radius 1 is 0.656 bits per heavy atom. The van der Waals surface area contributed by atoms with Crippen LogP contribution in [0.3, 0.4) is 0 Å². The van der Waals surface area contributed by atoms with Gasteiger partial charge in [0.15, 0.2) is 5.82 Å². The molecule has 0 amide bonds. The fraction of sp³-hybridized carbons (Fsp3) is 0.192. The summed E-state index contributed by atoms with van der Waals surface area (Å²) in [6.45, 7) is 2.22. The molecule has 162 valence electrons. The number of rotatable bonds is 9. The number of pyridine rings is 1. The Morgan fingerprint density at radius 3 is 1.88 bits per heavy atom. The van der Waals surface area contributed by atoms with Gasteiger partial charge in [0, 0.05) is 49.4 Å². The van der Waals surface area contributed by atoms with Crippen LogP contribution in [0.4, 0.5) is 0 Å². The summed E-state index contributed by atoms with van der Waals surface area (Å²) in [7, 11) is 3.33. The molecule has 2 aromatic carbocycles. The fourth-order valence-electron chi connectivity index (χ4n) is 3.46. The lowest BCUT2D eigenvalue weighted by molar-refractivity contribution is 0.244. The van der Waals surface area contributed by atoms with Crippen LogP contribution in [0.25, 0.3) is 11.4 Å². The molecule has 4 rings (SSSR count). The molecule has 0 bridgehead atoms. The first-order valence-corrected chi connectivity index (χ1v) is 10.4. The van der Waals surface area contributed by atoms with Gasteiger partial charge in [-0.05, 0) is 54.1 Å². The Bertz CT molecular complexity index is 1100. The molecular weight excluding hydrogens is 400 g/mol. The van der Waals surface area contributed by atoms with Crippen molar-refractivity contribution in [1.29, 1.82) is 0 Å². The normalized spacial score (nSPS) is 10.8. The number of aromatic nitrogens is 3. The van der Waals surface area contributed by atoms with Gasteiger partial charge < -0.3 is 9.47 Å². The Balaban J connectivity index is 1.49. The zero-order chi connectivity index (χ0) is 22.2. The number of ether oxygens (including phenoxy) is 2. The lowest BCUT2D eigenvalue weighted by atomic mass is 10.1. The van der Waals surface area contributed by atoms with E-state index >= 15 is 0 Å². The maximum atomic E-state index is 5.28. The van der Waals surface area contributed by atoms with Crippen molar-refractivity contribution in [3.8, 4) is 22.9 Å². The van der Waals surface area contributed by atoms with E-state index in [2.05, 4.69) is 32.0 Å². The van der Waals surface area contributed by atoms with E-state index in [1.54, 1.807) is 14.2 Å². The molecule has 0 aliphatic heterocycles. The minimum Gasteiger partial charge on any atom is -0.497 e. The van der Waals surface area contributed by atoms with Crippen LogP contribution in [0.5, 0.6) is 11.5 Å². The number of hydrogen-bond acceptors (Lipinski definition) is 6. The molecule has 0 atom stereocenters. The highest BCUT2D eigenvalue weighted by molar-refractivity contribution is 5.55. The highest BCUT2D eigenvalue weighted by atomic mass is 16.5. The second kappa shape index (κ2) is 10.5. The first kappa shape index (κ1) is 21.5. The second-order valence-corrected chi connectivity index (χ2v) is 7.46. The predicted molar refractivity (Wildman–Crippen MR) is 124 cm³/mol. The molecule has 0 saturated carbocycles. The van der Waals surface area contributed by atoms with E-state index in [-0.39, 0.29) is 0 Å². The standard InChI is InChI=1S/C26H26N4O2/c1-31-24-10-6-20(7-11-24)17-30(19-23-5-3-4-14-27-23)18-21-15-28-26(29-16-21)22-8-12-25(32-2)13-9-22/h3-16H,17-19H2,1-2H3. The van der Waals surface area contributed by atoms with Gasteiger partial charge in [0.05, 0.1) is 19.9 Å². The summed E-state index contributed by atoms with van der Waals surface area (Å²) in [5, 5.41) is 0. The lowest BCUT2D eigenvalue weighted by Gasteiger charge is -2.22. The van der Waals surface area contributed by atoms with Gasteiger partial charge in [-0.3, -0.25) is 9.88 Å². The minimum absolute atomic E-state index is 0.697. The van der Waals surface area contributed by atoms with Crippen molar-refractivity contribution in [2.75, 3.05) is 14.2 Å². The molecule has 0 spiro atoms. The summed E-state index contributed by atoms with van der Waals surface area (Å²) in [5.41, 5.74) is 4.24. The maximum Gasteiger partial charge on any atom is 0.159 e. The molecule has 0 unspecified atom stereocenters. The Kier molecular flexibility index (Phi) is 7.05. The van der Waals surface area contributed by atoms with Crippen molar-refractivity contribution in [2.24, 2.45) is 0 Å². The predicted octanol–water partition coefficient (Wildman–Crippen LogP) is 4.76. The Hall–Kier alpha value is -3.77. The number of hydrogen-bond donors (Lipinski definition) is 0. The summed E-state index contributed by atoms with van der Waals surface area (Å²) < 4.78 is 10.5. The van der Waals surface area contributed by atoms with E-state index in [1.165, 1.54) is 5.56 Å². The largest absolute Gasteiger partial charge is 0.497 e. The van der Waals surface area contributed by atoms with Crippen LogP contribution in [0.15, 0.2) is 85.3 Å². The van der Waals surface area contributed by atoms with Gasteiger partial charge in [-0.2, -0.15) is 0 Å². The topological polar surface area (TPSA) is 60.4 Å². The molecule has 0 N–H and O–H groups in total. The lowest BCUT2D eigenvalue weighted by Crippen LogP contribution is -2.23. The fourth-order valence-corrected chi connectivity index (χ4v) is 3.46. The summed E-state index contributed by atoms with van der Waals surface area (Å²) in [4.78, 5) is 16.0. The molecule has 2 aromatic heterocycles. The van der Waals surface area contributed by atoms with Gasteiger partial charge in [-0.1, -0.05) is 18.2 Å². The zero-order valence-electron chi connectivity index (χ0n) is 18.3. The third-order valence-electron chi connectivity index (χ3n) is 5.14. The Morgan fingerprint density at radius 2 is 1.28 bits per heavy atom. The second-order valence-electron chi connectivity index (χ2n) is 7.46. The van der Waals surface area contributed by atoms with Gasteiger partial charge in [-0.15, -0.1) is 0 Å². The molecule has 0 aliphatic rings. The number of methoxy groups -OCH3 is 2. The van der Waals surface area contributed by atoms with Crippen molar-refractivity contribution >= 4 is 0 Å². The summed E-state index contributed by atoms with van der Waals surface area (Å²) in [6.07, 6.45) is 5.62. The molecule has 0 aliphatic carbocycles. The van der Waals surface area contributed by atoms with Crippen molar-refractivity contribution in [2.45, 2.75) is 19.6 Å². The van der Waals surface area contributed by atoms with Crippen molar-refractivity contribution in [3.05, 3.63) is 102 Å². The van der Waals surface area contributed by atoms with Gasteiger partial charge >= 0.3 is 0 Å². The average Bonchev–Trinajstić information content (AvgIpc) is 2.86. The first-order chi connectivity index (χ1) is 15.7. The SMILES string of the molecule is COc1ccc(CN(Cc2cnc(-c3ccc(OC)cc3)nc2)Cc2ccccn2)cc1. The van der Waals surface area contributed by atoms with Crippen LogP contribution in [0.1, 0.15) is 16.8 Å². The molecule has 2 heterocycles. The smallest absolute Gasteiger partial charge is 0.159 e. The van der Waals surface area contributed by atoms with E-state index in [0.717, 1.165) is 41.4 Å². The monoisotopic (exact) mass is 426 g/mol. The van der Waals surface area contributed by atoms with E-state index in [1.807, 2.05) is 73.2 Å². The molecule has 0 radical (unpaired) electrons. The third-order valence-corrected chi connectivity index (χ3v) is 5.14. The van der Waals surface area contributed by atoms with E-state index in [0.29, 0.717) is 12.4 Å². The number of benzene rings is 2. The van der Waals surface area contributed by atoms with E-state index in [4.69, 9.17) is 9.47 Å². The van der Waals surface area contributed by atoms with Crippen molar-refractivity contribution < 1.29 is 9.47 Å². The highest BCUT2D eigenvalue weighted by Crippen LogP contribution is 2.20. The quantitative estimate of drug-likeness (QED) is 0.385. The zero-order valence-corrected chi connectivity index (χ0v) is 18.3. The Labute approximate surface area is 188 Å². The first-order valence-electron chi connectivity index (χ1n) is 10.4. The van der Waals surface area contributed by atoms with Crippen LogP contribution >= 0.6 is 0 Å². The van der Waals surface area contributed by atoms with Crippen LogP contribution in [-0.4, -0.2) is 34.1 Å². The van der Waals surface area contributed by atoms with Crippen LogP contribution in [-0.2, 0) is 19.6 Å². The molecule has 6 heteroatoms. The maximum absolute atomic E-state index is 5.28. The van der Waals surface area contributed by atoms with Gasteiger partial charge in [0.2, 0.25) is 0 Å². The molecule has 6 nitrogen and oxygen atoms in total. The minimum atomic E-state index is 0.697. The third kappa shape index (κ3) is 5.68. The van der Waals surface area contributed by atoms with Crippen molar-refractivity contribution in [3.63, 3.8) is 0 Å². The average molecular weight is 427 g/mol. The van der Waals surface area contributed by atoms with Gasteiger partial charge in [0.1, 0.15) is 11.5 Å². The molecule has 0 fully saturated rings.